The van der Waals surface area contributed by atoms with E-state index in [4.69, 9.17) is 4.74 Å². The molecule has 0 saturated heterocycles. The number of hydrogen-bond acceptors (Lipinski definition) is 2. The number of carbonyl (C=O) groups excluding carboxylic acids is 1. The second kappa shape index (κ2) is 13.6. The molecule has 0 aliphatic rings. The minimum Gasteiger partial charge on any atom is -0.410 e. The van der Waals surface area contributed by atoms with E-state index in [9.17, 15) is 4.79 Å². The van der Waals surface area contributed by atoms with E-state index >= 15 is 0 Å². The molecule has 0 radical (unpaired) electrons. The van der Waals surface area contributed by atoms with Crippen LogP contribution in [0.3, 0.4) is 0 Å². The Bertz CT molecular complexity index is 317. The van der Waals surface area contributed by atoms with E-state index in [-0.39, 0.29) is 12.2 Å². The van der Waals surface area contributed by atoms with Crippen LogP contribution >= 0.6 is 0 Å². The zero-order valence-electron chi connectivity index (χ0n) is 16.1. The van der Waals surface area contributed by atoms with Gasteiger partial charge in [-0.15, -0.1) is 0 Å². The minimum absolute atomic E-state index is 0.107. The van der Waals surface area contributed by atoms with Gasteiger partial charge >= 0.3 is 5.97 Å². The molecule has 2 atom stereocenters. The lowest BCUT2D eigenvalue weighted by Crippen LogP contribution is -2.53. The lowest BCUT2D eigenvalue weighted by atomic mass is 10.1. The van der Waals surface area contributed by atoms with Crippen LogP contribution in [0.15, 0.2) is 12.7 Å². The normalized spacial score (nSPS) is 15.0. The predicted molar refractivity (Wildman–Crippen MR) is 99.2 cm³/mol. The zero-order chi connectivity index (χ0) is 17.6. The molecular formula is C20H40NO2+. The lowest BCUT2D eigenvalue weighted by Gasteiger charge is -2.38. The van der Waals surface area contributed by atoms with Gasteiger partial charge in [-0.3, -0.25) is 4.48 Å². The number of esters is 1. The Kier molecular flexibility index (Phi) is 13.1. The molecule has 0 aromatic carbocycles. The molecule has 0 aromatic rings. The molecule has 3 nitrogen and oxygen atoms in total. The predicted octanol–water partition coefficient (Wildman–Crippen LogP) is 5.45. The van der Waals surface area contributed by atoms with Crippen molar-refractivity contribution >= 4 is 5.97 Å². The molecule has 0 N–H and O–H groups in total. The van der Waals surface area contributed by atoms with Gasteiger partial charge in [-0.05, 0) is 19.8 Å². The molecule has 0 rings (SSSR count). The van der Waals surface area contributed by atoms with Gasteiger partial charge in [0.15, 0.2) is 0 Å². The smallest absolute Gasteiger partial charge is 0.334 e. The molecule has 0 fully saturated rings. The fraction of sp³-hybridized carbons (Fsp3) is 0.850. The van der Waals surface area contributed by atoms with Crippen molar-refractivity contribution in [3.05, 3.63) is 12.7 Å². The maximum absolute atomic E-state index is 11.4. The molecule has 23 heavy (non-hydrogen) atoms. The van der Waals surface area contributed by atoms with Crippen LogP contribution in [-0.4, -0.2) is 36.8 Å². The first-order chi connectivity index (χ1) is 11.0. The average Bonchev–Trinajstić information content (AvgIpc) is 2.56. The van der Waals surface area contributed by atoms with Gasteiger partial charge in [0.25, 0.3) is 0 Å². The van der Waals surface area contributed by atoms with Crippen molar-refractivity contribution in [2.45, 2.75) is 91.2 Å². The van der Waals surface area contributed by atoms with Crippen LogP contribution in [0.5, 0.6) is 0 Å². The van der Waals surface area contributed by atoms with Gasteiger partial charge in [-0.2, -0.15) is 0 Å². The summed E-state index contributed by atoms with van der Waals surface area (Å²) < 4.78 is 6.20. The van der Waals surface area contributed by atoms with Gasteiger partial charge in [0.05, 0.1) is 20.1 Å². The Hall–Kier alpha value is -0.830. The maximum Gasteiger partial charge on any atom is 0.334 e. The molecule has 0 amide bonds. The molecule has 0 aromatic heterocycles. The van der Waals surface area contributed by atoms with Gasteiger partial charge in [0.2, 0.25) is 6.23 Å². The summed E-state index contributed by atoms with van der Waals surface area (Å²) in [6, 6.07) is 0. The first-order valence-corrected chi connectivity index (χ1v) is 9.67. The third-order valence-corrected chi connectivity index (χ3v) is 5.08. The summed E-state index contributed by atoms with van der Waals surface area (Å²) in [5.74, 6) is -0.321. The maximum atomic E-state index is 11.4. The van der Waals surface area contributed by atoms with Gasteiger partial charge in [-0.1, -0.05) is 64.9 Å². The number of unbranched alkanes of at least 4 members (excludes halogenated alkanes) is 9. The number of ether oxygens (including phenoxy) is 1. The average molecular weight is 327 g/mol. The van der Waals surface area contributed by atoms with E-state index in [0.29, 0.717) is 0 Å². The quantitative estimate of drug-likeness (QED) is 0.131. The highest BCUT2D eigenvalue weighted by molar-refractivity contribution is 5.81. The summed E-state index contributed by atoms with van der Waals surface area (Å²) in [6.07, 6.45) is 14.6. The van der Waals surface area contributed by atoms with E-state index in [0.717, 1.165) is 17.6 Å². The van der Waals surface area contributed by atoms with Crippen LogP contribution in [0, 0.1) is 0 Å². The van der Waals surface area contributed by atoms with Gasteiger partial charge < -0.3 is 4.74 Å². The highest BCUT2D eigenvalue weighted by atomic mass is 16.6. The number of quaternary nitrogens is 1. The van der Waals surface area contributed by atoms with Crippen molar-refractivity contribution in [2.24, 2.45) is 0 Å². The van der Waals surface area contributed by atoms with Crippen LogP contribution in [0.1, 0.15) is 85.0 Å². The molecule has 0 aliphatic heterocycles. The fourth-order valence-corrected chi connectivity index (χ4v) is 2.90. The zero-order valence-corrected chi connectivity index (χ0v) is 16.1. The first kappa shape index (κ1) is 22.2. The molecular weight excluding hydrogens is 286 g/mol. The summed E-state index contributed by atoms with van der Waals surface area (Å²) >= 11 is 0. The van der Waals surface area contributed by atoms with Crippen molar-refractivity contribution in [3.63, 3.8) is 0 Å². The highest BCUT2D eigenvalue weighted by Gasteiger charge is 2.29. The first-order valence-electron chi connectivity index (χ1n) is 9.67. The van der Waals surface area contributed by atoms with Crippen LogP contribution in [0.25, 0.3) is 0 Å². The Morgan fingerprint density at radius 2 is 1.48 bits per heavy atom. The third kappa shape index (κ3) is 10.5. The van der Waals surface area contributed by atoms with E-state index in [1.165, 1.54) is 70.3 Å². The highest BCUT2D eigenvalue weighted by Crippen LogP contribution is 2.16. The van der Waals surface area contributed by atoms with Crippen LogP contribution < -0.4 is 0 Å². The third-order valence-electron chi connectivity index (χ3n) is 5.08. The molecule has 0 saturated carbocycles. The molecule has 0 bridgehead atoms. The monoisotopic (exact) mass is 326 g/mol. The van der Waals surface area contributed by atoms with E-state index in [1.807, 2.05) is 6.92 Å². The molecule has 0 heterocycles. The van der Waals surface area contributed by atoms with Gasteiger partial charge in [-0.25, -0.2) is 4.79 Å². The van der Waals surface area contributed by atoms with Crippen molar-refractivity contribution < 1.29 is 14.0 Å². The Balaban J connectivity index is 3.77. The number of nitrogens with zero attached hydrogens (tertiary/aromatic N) is 1. The van der Waals surface area contributed by atoms with Gasteiger partial charge in [0.1, 0.15) is 0 Å². The van der Waals surface area contributed by atoms with Gasteiger partial charge in [0, 0.05) is 13.0 Å². The Morgan fingerprint density at radius 3 is 1.91 bits per heavy atom. The van der Waals surface area contributed by atoms with E-state index in [1.54, 1.807) is 0 Å². The standard InChI is InChI=1S/C20H40NO2/c1-6-9-10-11-12-13-14-15-16-17-18-21(5,8-3)19(4)23-20(22)7-2/h7,19H,2,6,8-18H2,1,3-5H3/q+1. The minimum atomic E-state index is -0.321. The Morgan fingerprint density at radius 1 is 1.00 bits per heavy atom. The molecule has 0 aliphatic carbocycles. The van der Waals surface area contributed by atoms with Crippen LogP contribution in [0.2, 0.25) is 0 Å². The lowest BCUT2D eigenvalue weighted by molar-refractivity contribution is -0.948. The molecule has 136 valence electrons. The number of hydrogen-bond donors (Lipinski definition) is 0. The number of rotatable bonds is 15. The summed E-state index contributed by atoms with van der Waals surface area (Å²) in [5, 5.41) is 0. The molecule has 2 unspecified atom stereocenters. The summed E-state index contributed by atoms with van der Waals surface area (Å²) in [5.41, 5.74) is 0. The second-order valence-corrected chi connectivity index (χ2v) is 6.94. The number of carbonyl (C=O) groups is 1. The Labute approximate surface area is 144 Å². The van der Waals surface area contributed by atoms with Crippen molar-refractivity contribution in [1.82, 2.24) is 0 Å². The molecule has 0 spiro atoms. The molecule has 3 heteroatoms. The summed E-state index contributed by atoms with van der Waals surface area (Å²) in [4.78, 5) is 11.4. The van der Waals surface area contributed by atoms with Crippen LogP contribution in [-0.2, 0) is 9.53 Å². The van der Waals surface area contributed by atoms with Crippen molar-refractivity contribution in [3.8, 4) is 0 Å². The topological polar surface area (TPSA) is 26.3 Å². The van der Waals surface area contributed by atoms with Crippen LogP contribution in [0.4, 0.5) is 0 Å². The summed E-state index contributed by atoms with van der Waals surface area (Å²) in [7, 11) is 2.18. The van der Waals surface area contributed by atoms with Crippen molar-refractivity contribution in [1.29, 1.82) is 0 Å². The SMILES string of the molecule is C=CC(=O)OC(C)[N+](C)(CC)CCCCCCCCCCCC. The van der Waals surface area contributed by atoms with Crippen molar-refractivity contribution in [2.75, 3.05) is 20.1 Å². The summed E-state index contributed by atoms with van der Waals surface area (Å²) in [6.45, 7) is 11.9. The van der Waals surface area contributed by atoms with E-state index in [2.05, 4.69) is 27.5 Å². The largest absolute Gasteiger partial charge is 0.410 e. The van der Waals surface area contributed by atoms with E-state index < -0.39 is 0 Å². The second-order valence-electron chi connectivity index (χ2n) is 6.94. The fourth-order valence-electron chi connectivity index (χ4n) is 2.90.